The van der Waals surface area contributed by atoms with Gasteiger partial charge in [-0.1, -0.05) is 36.4 Å². The number of aliphatic hydroxyl groups excluding tert-OH is 1. The Balaban J connectivity index is 2.25. The second-order valence-corrected chi connectivity index (χ2v) is 3.89. The van der Waals surface area contributed by atoms with E-state index >= 15 is 0 Å². The molecule has 1 aliphatic heterocycles. The molecule has 2 heteroatoms. The Morgan fingerprint density at radius 2 is 1.81 bits per heavy atom. The van der Waals surface area contributed by atoms with Crippen LogP contribution in [0.5, 0.6) is 5.75 Å². The number of para-hydroxylation sites is 1. The molecule has 0 aliphatic carbocycles. The van der Waals surface area contributed by atoms with Crippen molar-refractivity contribution in [2.75, 3.05) is 0 Å². The van der Waals surface area contributed by atoms with Crippen LogP contribution in [0.1, 0.15) is 11.1 Å². The van der Waals surface area contributed by atoms with Gasteiger partial charge in [0.1, 0.15) is 12.4 Å². The number of aliphatic hydroxyl groups is 1. The molecule has 0 radical (unpaired) electrons. The van der Waals surface area contributed by atoms with Crippen LogP contribution in [0.4, 0.5) is 0 Å². The predicted octanol–water partition coefficient (Wildman–Crippen LogP) is 2.74. The van der Waals surface area contributed by atoms with E-state index in [2.05, 4.69) is 12.1 Å². The van der Waals surface area contributed by atoms with E-state index < -0.39 is 0 Å². The van der Waals surface area contributed by atoms with Gasteiger partial charge in [0.2, 0.25) is 0 Å². The summed E-state index contributed by atoms with van der Waals surface area (Å²) in [5.41, 5.74) is 4.34. The second-order valence-electron chi connectivity index (χ2n) is 3.89. The van der Waals surface area contributed by atoms with Crippen LogP contribution in [0, 0.1) is 0 Å². The fourth-order valence-corrected chi connectivity index (χ4v) is 2.17. The Hall–Kier alpha value is -1.80. The van der Waals surface area contributed by atoms with Gasteiger partial charge in [0.15, 0.2) is 0 Å². The fourth-order valence-electron chi connectivity index (χ4n) is 2.17. The summed E-state index contributed by atoms with van der Waals surface area (Å²) < 4.78 is 5.68. The van der Waals surface area contributed by atoms with Gasteiger partial charge in [0.25, 0.3) is 0 Å². The molecule has 0 aromatic heterocycles. The number of hydrogen-bond acceptors (Lipinski definition) is 2. The fraction of sp³-hybridized carbons (Fsp3) is 0.143. The summed E-state index contributed by atoms with van der Waals surface area (Å²) in [5.74, 6) is 0.921. The van der Waals surface area contributed by atoms with Crippen LogP contribution in [0.3, 0.4) is 0 Å². The molecule has 1 heterocycles. The van der Waals surface area contributed by atoms with Crippen molar-refractivity contribution in [3.8, 4) is 16.9 Å². The maximum Gasteiger partial charge on any atom is 0.127 e. The Kier molecular flexibility index (Phi) is 2.15. The van der Waals surface area contributed by atoms with Gasteiger partial charge in [-0.2, -0.15) is 0 Å². The molecule has 2 aromatic carbocycles. The Morgan fingerprint density at radius 1 is 1.00 bits per heavy atom. The number of benzene rings is 2. The first-order chi connectivity index (χ1) is 7.90. The lowest BCUT2D eigenvalue weighted by Gasteiger charge is -2.22. The summed E-state index contributed by atoms with van der Waals surface area (Å²) in [4.78, 5) is 0. The van der Waals surface area contributed by atoms with Gasteiger partial charge in [-0.3, -0.25) is 0 Å². The molecule has 16 heavy (non-hydrogen) atoms. The maximum atomic E-state index is 9.29. The van der Waals surface area contributed by atoms with Gasteiger partial charge in [-0.15, -0.1) is 0 Å². The molecule has 0 saturated heterocycles. The zero-order valence-electron chi connectivity index (χ0n) is 8.81. The predicted molar refractivity (Wildman–Crippen MR) is 62.1 cm³/mol. The summed E-state index contributed by atoms with van der Waals surface area (Å²) in [6.07, 6.45) is 0. The Morgan fingerprint density at radius 3 is 2.69 bits per heavy atom. The van der Waals surface area contributed by atoms with Crippen LogP contribution in [0.25, 0.3) is 11.1 Å². The average Bonchev–Trinajstić information content (AvgIpc) is 2.37. The molecule has 1 aliphatic rings. The van der Waals surface area contributed by atoms with Crippen molar-refractivity contribution in [2.24, 2.45) is 0 Å². The zero-order chi connectivity index (χ0) is 11.0. The quantitative estimate of drug-likeness (QED) is 0.787. The third kappa shape index (κ3) is 1.31. The summed E-state index contributed by atoms with van der Waals surface area (Å²) in [5, 5.41) is 9.29. The molecule has 3 rings (SSSR count). The van der Waals surface area contributed by atoms with E-state index in [1.54, 1.807) is 0 Å². The third-order valence-electron chi connectivity index (χ3n) is 2.99. The monoisotopic (exact) mass is 212 g/mol. The van der Waals surface area contributed by atoms with Crippen LogP contribution in [-0.2, 0) is 13.2 Å². The summed E-state index contributed by atoms with van der Waals surface area (Å²) >= 11 is 0. The molecule has 1 N–H and O–H groups in total. The number of ether oxygens (including phenoxy) is 1. The van der Waals surface area contributed by atoms with Gasteiger partial charge in [-0.05, 0) is 17.2 Å². The van der Waals surface area contributed by atoms with E-state index in [0.29, 0.717) is 6.61 Å². The standard InChI is InChI=1S/C14H12O2/c15-8-10-4-3-6-11-12-5-1-2-7-14(12)16-9-13(10)11/h1-7,15H,8-9H2. The van der Waals surface area contributed by atoms with Crippen LogP contribution < -0.4 is 4.74 Å². The van der Waals surface area contributed by atoms with Gasteiger partial charge in [0, 0.05) is 11.1 Å². The summed E-state index contributed by atoms with van der Waals surface area (Å²) in [7, 11) is 0. The molecular weight excluding hydrogens is 200 g/mol. The Bertz CT molecular complexity index is 532. The number of hydrogen-bond donors (Lipinski definition) is 1. The molecule has 80 valence electrons. The van der Waals surface area contributed by atoms with Crippen molar-refractivity contribution in [3.05, 3.63) is 53.6 Å². The van der Waals surface area contributed by atoms with Crippen molar-refractivity contribution >= 4 is 0 Å². The first-order valence-corrected chi connectivity index (χ1v) is 5.34. The molecule has 0 bridgehead atoms. The second kappa shape index (κ2) is 3.65. The topological polar surface area (TPSA) is 29.5 Å². The van der Waals surface area contributed by atoms with E-state index in [9.17, 15) is 5.11 Å². The van der Waals surface area contributed by atoms with E-state index in [1.807, 2.05) is 30.3 Å². The zero-order valence-corrected chi connectivity index (χ0v) is 8.81. The smallest absolute Gasteiger partial charge is 0.127 e. The molecule has 0 atom stereocenters. The normalized spacial score (nSPS) is 12.6. The van der Waals surface area contributed by atoms with Crippen LogP contribution >= 0.6 is 0 Å². The van der Waals surface area contributed by atoms with Crippen molar-refractivity contribution in [2.45, 2.75) is 13.2 Å². The minimum Gasteiger partial charge on any atom is -0.488 e. The first-order valence-electron chi connectivity index (χ1n) is 5.34. The van der Waals surface area contributed by atoms with E-state index in [1.165, 1.54) is 5.56 Å². The third-order valence-corrected chi connectivity index (χ3v) is 2.99. The van der Waals surface area contributed by atoms with Gasteiger partial charge < -0.3 is 9.84 Å². The molecule has 2 aromatic rings. The van der Waals surface area contributed by atoms with Crippen LogP contribution in [-0.4, -0.2) is 5.11 Å². The minimum atomic E-state index is 0.0642. The van der Waals surface area contributed by atoms with Crippen molar-refractivity contribution in [3.63, 3.8) is 0 Å². The van der Waals surface area contributed by atoms with E-state index in [0.717, 1.165) is 22.4 Å². The molecule has 0 spiro atoms. The minimum absolute atomic E-state index is 0.0642. The SMILES string of the molecule is OCc1cccc2c1COc1ccccc1-2. The molecule has 0 saturated carbocycles. The largest absolute Gasteiger partial charge is 0.488 e. The van der Waals surface area contributed by atoms with E-state index in [4.69, 9.17) is 4.74 Å². The van der Waals surface area contributed by atoms with Gasteiger partial charge in [-0.25, -0.2) is 0 Å². The molecular formula is C14H12O2. The highest BCUT2D eigenvalue weighted by Crippen LogP contribution is 2.38. The molecule has 0 unspecified atom stereocenters. The number of rotatable bonds is 1. The highest BCUT2D eigenvalue weighted by atomic mass is 16.5. The molecule has 2 nitrogen and oxygen atoms in total. The number of fused-ring (bicyclic) bond motifs is 3. The first kappa shape index (κ1) is 9.43. The van der Waals surface area contributed by atoms with Gasteiger partial charge in [0.05, 0.1) is 6.61 Å². The van der Waals surface area contributed by atoms with Crippen molar-refractivity contribution < 1.29 is 9.84 Å². The average molecular weight is 212 g/mol. The van der Waals surface area contributed by atoms with Crippen LogP contribution in [0.15, 0.2) is 42.5 Å². The highest BCUT2D eigenvalue weighted by Gasteiger charge is 2.18. The molecule has 0 amide bonds. The lowest BCUT2D eigenvalue weighted by atomic mass is 9.94. The summed E-state index contributed by atoms with van der Waals surface area (Å²) in [6.45, 7) is 0.609. The summed E-state index contributed by atoms with van der Waals surface area (Å²) in [6, 6.07) is 14.0. The molecule has 0 fully saturated rings. The lowest BCUT2D eigenvalue weighted by molar-refractivity contribution is 0.268. The van der Waals surface area contributed by atoms with Gasteiger partial charge >= 0.3 is 0 Å². The Labute approximate surface area is 94.1 Å². The van der Waals surface area contributed by atoms with Crippen LogP contribution in [0.2, 0.25) is 0 Å². The lowest BCUT2D eigenvalue weighted by Crippen LogP contribution is -2.08. The highest BCUT2D eigenvalue weighted by molar-refractivity contribution is 5.75. The maximum absolute atomic E-state index is 9.29. The van der Waals surface area contributed by atoms with E-state index in [-0.39, 0.29) is 6.61 Å². The van der Waals surface area contributed by atoms with Crippen molar-refractivity contribution in [1.82, 2.24) is 0 Å². The van der Waals surface area contributed by atoms with Crippen molar-refractivity contribution in [1.29, 1.82) is 0 Å².